The lowest BCUT2D eigenvalue weighted by atomic mass is 10.0. The van der Waals surface area contributed by atoms with E-state index in [4.69, 9.17) is 9.47 Å². The van der Waals surface area contributed by atoms with Crippen LogP contribution in [0.3, 0.4) is 0 Å². The van der Waals surface area contributed by atoms with E-state index < -0.39 is 29.7 Å². The van der Waals surface area contributed by atoms with Crippen LogP contribution in [-0.2, 0) is 14.3 Å². The van der Waals surface area contributed by atoms with Gasteiger partial charge in [-0.2, -0.15) is 0 Å². The smallest absolute Gasteiger partial charge is 0.328 e. The lowest BCUT2D eigenvalue weighted by Gasteiger charge is -2.19. The maximum Gasteiger partial charge on any atom is 0.328 e. The van der Waals surface area contributed by atoms with Gasteiger partial charge in [0.2, 0.25) is 0 Å². The summed E-state index contributed by atoms with van der Waals surface area (Å²) in [4.78, 5) is 50.0. The molecular weight excluding hydrogens is 340 g/mol. The second-order valence-electron chi connectivity index (χ2n) is 6.23. The highest BCUT2D eigenvalue weighted by atomic mass is 16.5. The quantitative estimate of drug-likeness (QED) is 0.570. The molecule has 3 amide bonds. The minimum Gasteiger partial charge on any atom is -0.467 e. The Bertz CT molecular complexity index is 743. The molecule has 140 valence electrons. The van der Waals surface area contributed by atoms with Crippen molar-refractivity contribution in [3.05, 3.63) is 34.9 Å². The van der Waals surface area contributed by atoms with Gasteiger partial charge in [0.1, 0.15) is 6.04 Å². The molecule has 1 atom stereocenters. The zero-order chi connectivity index (χ0) is 19.4. The molecule has 0 aromatic heterocycles. The first-order chi connectivity index (χ1) is 12.3. The number of esters is 1. The molecule has 1 unspecified atom stereocenters. The first kappa shape index (κ1) is 19.6. The van der Waals surface area contributed by atoms with Crippen LogP contribution in [0.1, 0.15) is 44.9 Å². The Kier molecular flexibility index (Phi) is 6.10. The summed E-state index contributed by atoms with van der Waals surface area (Å²) in [6.45, 7) is 3.93. The largest absolute Gasteiger partial charge is 0.467 e. The number of benzene rings is 1. The number of carbonyl (C=O) groups is 4. The van der Waals surface area contributed by atoms with E-state index in [9.17, 15) is 19.2 Å². The fraction of sp³-hybridized carbons (Fsp3) is 0.444. The molecular formula is C18H22N2O6. The molecule has 1 aliphatic rings. The monoisotopic (exact) mass is 362 g/mol. The zero-order valence-corrected chi connectivity index (χ0v) is 15.2. The van der Waals surface area contributed by atoms with Gasteiger partial charge in [-0.25, -0.2) is 4.79 Å². The average molecular weight is 362 g/mol. The molecule has 1 N–H and O–H groups in total. The number of fused-ring (bicyclic) bond motifs is 1. The van der Waals surface area contributed by atoms with Gasteiger partial charge >= 0.3 is 5.97 Å². The standard InChI is InChI=1S/C18H22N2O6/c1-10(2)14(18(24)26-4)19-15(21)11-5-6-12-13(9-11)17(23)20(16(12)22)7-8-25-3/h5-6,9-10,14H,7-8H2,1-4H3,(H,19,21). The van der Waals surface area contributed by atoms with Gasteiger partial charge < -0.3 is 14.8 Å². The summed E-state index contributed by atoms with van der Waals surface area (Å²) >= 11 is 0. The molecule has 0 spiro atoms. The molecule has 0 aliphatic carbocycles. The molecule has 26 heavy (non-hydrogen) atoms. The van der Waals surface area contributed by atoms with Crippen molar-refractivity contribution in [1.82, 2.24) is 10.2 Å². The summed E-state index contributed by atoms with van der Waals surface area (Å²) < 4.78 is 9.60. The number of carbonyl (C=O) groups excluding carboxylic acids is 4. The Morgan fingerprint density at radius 3 is 2.35 bits per heavy atom. The number of methoxy groups -OCH3 is 2. The first-order valence-electron chi connectivity index (χ1n) is 8.19. The fourth-order valence-corrected chi connectivity index (χ4v) is 2.67. The Balaban J connectivity index is 2.23. The topological polar surface area (TPSA) is 102 Å². The van der Waals surface area contributed by atoms with Gasteiger partial charge in [-0.05, 0) is 24.1 Å². The Morgan fingerprint density at radius 2 is 1.77 bits per heavy atom. The van der Waals surface area contributed by atoms with Crippen molar-refractivity contribution in [2.75, 3.05) is 27.4 Å². The number of rotatable bonds is 7. The van der Waals surface area contributed by atoms with Crippen molar-refractivity contribution in [1.29, 1.82) is 0 Å². The van der Waals surface area contributed by atoms with Crippen LogP contribution in [0.5, 0.6) is 0 Å². The number of nitrogens with zero attached hydrogens (tertiary/aromatic N) is 1. The summed E-state index contributed by atoms with van der Waals surface area (Å²) in [6, 6.07) is 3.45. The maximum absolute atomic E-state index is 12.5. The second-order valence-corrected chi connectivity index (χ2v) is 6.23. The van der Waals surface area contributed by atoms with E-state index in [-0.39, 0.29) is 35.8 Å². The zero-order valence-electron chi connectivity index (χ0n) is 15.2. The normalized spacial score (nSPS) is 14.4. The number of amides is 3. The Morgan fingerprint density at radius 1 is 1.12 bits per heavy atom. The third kappa shape index (κ3) is 3.75. The third-order valence-corrected chi connectivity index (χ3v) is 4.16. The van der Waals surface area contributed by atoms with Crippen LogP contribution in [-0.4, -0.2) is 62.0 Å². The van der Waals surface area contributed by atoms with Crippen molar-refractivity contribution < 1.29 is 28.7 Å². The van der Waals surface area contributed by atoms with Crippen molar-refractivity contribution >= 4 is 23.7 Å². The molecule has 1 heterocycles. The van der Waals surface area contributed by atoms with Crippen LogP contribution in [0.2, 0.25) is 0 Å². The summed E-state index contributed by atoms with van der Waals surface area (Å²) in [5.41, 5.74) is 0.599. The van der Waals surface area contributed by atoms with Gasteiger partial charge in [0, 0.05) is 12.7 Å². The second kappa shape index (κ2) is 8.09. The fourth-order valence-electron chi connectivity index (χ4n) is 2.67. The van der Waals surface area contributed by atoms with Crippen LogP contribution in [0, 0.1) is 5.92 Å². The third-order valence-electron chi connectivity index (χ3n) is 4.16. The van der Waals surface area contributed by atoms with Gasteiger partial charge in [0.25, 0.3) is 17.7 Å². The van der Waals surface area contributed by atoms with Gasteiger partial charge in [0.15, 0.2) is 0 Å². The van der Waals surface area contributed by atoms with E-state index in [1.54, 1.807) is 13.8 Å². The Hall–Kier alpha value is -2.74. The van der Waals surface area contributed by atoms with Crippen LogP contribution in [0.25, 0.3) is 0 Å². The minimum absolute atomic E-state index is 0.141. The van der Waals surface area contributed by atoms with E-state index in [0.29, 0.717) is 0 Å². The first-order valence-corrected chi connectivity index (χ1v) is 8.19. The van der Waals surface area contributed by atoms with E-state index in [2.05, 4.69) is 5.32 Å². The van der Waals surface area contributed by atoms with Gasteiger partial charge in [0.05, 0.1) is 31.4 Å². The number of hydrogen-bond donors (Lipinski definition) is 1. The number of hydrogen-bond acceptors (Lipinski definition) is 6. The molecule has 2 rings (SSSR count). The summed E-state index contributed by atoms with van der Waals surface area (Å²) in [6.07, 6.45) is 0. The van der Waals surface area contributed by atoms with Gasteiger partial charge in [-0.3, -0.25) is 19.3 Å². The molecule has 0 saturated carbocycles. The highest BCUT2D eigenvalue weighted by molar-refractivity contribution is 6.22. The predicted octanol–water partition coefficient (Wildman–Crippen LogP) is 0.856. The van der Waals surface area contributed by atoms with Gasteiger partial charge in [-0.1, -0.05) is 13.8 Å². The van der Waals surface area contributed by atoms with Gasteiger partial charge in [-0.15, -0.1) is 0 Å². The average Bonchev–Trinajstić information content (AvgIpc) is 2.87. The molecule has 0 radical (unpaired) electrons. The van der Waals surface area contributed by atoms with Crippen LogP contribution in [0.4, 0.5) is 0 Å². The molecule has 0 fully saturated rings. The number of ether oxygens (including phenoxy) is 2. The summed E-state index contributed by atoms with van der Waals surface area (Å²) in [5.74, 6) is -2.12. The van der Waals surface area contributed by atoms with E-state index in [1.165, 1.54) is 32.4 Å². The predicted molar refractivity (Wildman–Crippen MR) is 91.8 cm³/mol. The van der Waals surface area contributed by atoms with Crippen LogP contribution in [0.15, 0.2) is 18.2 Å². The summed E-state index contributed by atoms with van der Waals surface area (Å²) in [5, 5.41) is 2.60. The van der Waals surface area contributed by atoms with E-state index in [1.807, 2.05) is 0 Å². The lowest BCUT2D eigenvalue weighted by Crippen LogP contribution is -2.45. The molecule has 1 aromatic rings. The van der Waals surface area contributed by atoms with Crippen molar-refractivity contribution in [2.24, 2.45) is 5.92 Å². The van der Waals surface area contributed by atoms with Crippen molar-refractivity contribution in [2.45, 2.75) is 19.9 Å². The van der Waals surface area contributed by atoms with E-state index in [0.717, 1.165) is 4.90 Å². The highest BCUT2D eigenvalue weighted by Crippen LogP contribution is 2.24. The van der Waals surface area contributed by atoms with Crippen molar-refractivity contribution in [3.8, 4) is 0 Å². The van der Waals surface area contributed by atoms with Crippen LogP contribution < -0.4 is 5.32 Å². The number of nitrogens with one attached hydrogen (secondary N) is 1. The van der Waals surface area contributed by atoms with E-state index >= 15 is 0 Å². The molecule has 8 heteroatoms. The highest BCUT2D eigenvalue weighted by Gasteiger charge is 2.36. The molecule has 8 nitrogen and oxygen atoms in total. The molecule has 0 bridgehead atoms. The maximum atomic E-state index is 12.5. The summed E-state index contributed by atoms with van der Waals surface area (Å²) in [7, 11) is 2.73. The van der Waals surface area contributed by atoms with Crippen molar-refractivity contribution in [3.63, 3.8) is 0 Å². The lowest BCUT2D eigenvalue weighted by molar-refractivity contribution is -0.144. The molecule has 1 aromatic carbocycles. The Labute approximate surface area is 151 Å². The van der Waals surface area contributed by atoms with Crippen LogP contribution >= 0.6 is 0 Å². The molecule has 1 aliphatic heterocycles. The number of imide groups is 1. The molecule has 0 saturated heterocycles. The SMILES string of the molecule is COCCN1C(=O)c2ccc(C(=O)NC(C(=O)OC)C(C)C)cc2C1=O. The minimum atomic E-state index is -0.809.